The van der Waals surface area contributed by atoms with Gasteiger partial charge in [-0.1, -0.05) is 38.1 Å². The maximum Gasteiger partial charge on any atom is 0.262 e. The Morgan fingerprint density at radius 1 is 1.00 bits per heavy atom. The smallest absolute Gasteiger partial charge is 0.262 e. The van der Waals surface area contributed by atoms with Crippen LogP contribution in [0, 0.1) is 5.92 Å². The van der Waals surface area contributed by atoms with Crippen LogP contribution in [0.25, 0.3) is 0 Å². The van der Waals surface area contributed by atoms with E-state index in [1.54, 1.807) is 6.07 Å². The SMILES string of the molecule is CC(NC(=O)C(NC(=O)c1cccs1)C(C)C)c1ccc2c(c1)CCCC2. The second kappa shape index (κ2) is 8.70. The summed E-state index contributed by atoms with van der Waals surface area (Å²) in [6, 6.07) is 9.50. The Morgan fingerprint density at radius 2 is 1.74 bits per heavy atom. The van der Waals surface area contributed by atoms with Gasteiger partial charge in [0.05, 0.1) is 10.9 Å². The van der Waals surface area contributed by atoms with Crippen molar-refractivity contribution in [1.29, 1.82) is 0 Å². The minimum absolute atomic E-state index is 0.00430. The highest BCUT2D eigenvalue weighted by atomic mass is 32.1. The lowest BCUT2D eigenvalue weighted by Crippen LogP contribution is -2.50. The van der Waals surface area contributed by atoms with E-state index in [1.165, 1.54) is 35.3 Å². The number of hydrogen-bond donors (Lipinski definition) is 2. The summed E-state index contributed by atoms with van der Waals surface area (Å²) in [5.41, 5.74) is 3.97. The number of rotatable bonds is 6. The van der Waals surface area contributed by atoms with E-state index in [2.05, 4.69) is 28.8 Å². The molecule has 0 saturated carbocycles. The van der Waals surface area contributed by atoms with Gasteiger partial charge in [-0.05, 0) is 66.7 Å². The second-order valence-electron chi connectivity index (χ2n) is 7.64. The van der Waals surface area contributed by atoms with Gasteiger partial charge in [-0.25, -0.2) is 0 Å². The summed E-state index contributed by atoms with van der Waals surface area (Å²) in [5, 5.41) is 7.83. The number of thiophene rings is 1. The lowest BCUT2D eigenvalue weighted by molar-refractivity contribution is -0.124. The first kappa shape index (κ1) is 19.6. The molecule has 2 atom stereocenters. The van der Waals surface area contributed by atoms with Crippen LogP contribution in [0.4, 0.5) is 0 Å². The summed E-state index contributed by atoms with van der Waals surface area (Å²) in [7, 11) is 0. The van der Waals surface area contributed by atoms with E-state index in [9.17, 15) is 9.59 Å². The van der Waals surface area contributed by atoms with E-state index >= 15 is 0 Å². The molecule has 1 aliphatic rings. The lowest BCUT2D eigenvalue weighted by atomic mass is 9.89. The van der Waals surface area contributed by atoms with Gasteiger partial charge in [-0.2, -0.15) is 0 Å². The summed E-state index contributed by atoms with van der Waals surface area (Å²) in [4.78, 5) is 25.8. The molecule has 0 radical (unpaired) electrons. The number of nitrogens with one attached hydrogen (secondary N) is 2. The molecule has 2 unspecified atom stereocenters. The fourth-order valence-corrected chi connectivity index (χ4v) is 4.19. The van der Waals surface area contributed by atoms with Crippen LogP contribution in [0.5, 0.6) is 0 Å². The number of amides is 2. The van der Waals surface area contributed by atoms with Crippen LogP contribution >= 0.6 is 11.3 Å². The average Bonchev–Trinajstić information content (AvgIpc) is 3.20. The number of benzene rings is 1. The summed E-state index contributed by atoms with van der Waals surface area (Å²) in [6.07, 6.45) is 4.77. The molecule has 1 heterocycles. The fraction of sp³-hybridized carbons (Fsp3) is 0.455. The van der Waals surface area contributed by atoms with Crippen molar-refractivity contribution in [3.8, 4) is 0 Å². The Kier molecular flexibility index (Phi) is 6.32. The lowest BCUT2D eigenvalue weighted by Gasteiger charge is -2.25. The molecule has 0 fully saturated rings. The molecule has 3 rings (SSSR count). The van der Waals surface area contributed by atoms with E-state index in [0.29, 0.717) is 4.88 Å². The zero-order valence-electron chi connectivity index (χ0n) is 16.2. The van der Waals surface area contributed by atoms with Crippen LogP contribution in [0.2, 0.25) is 0 Å². The molecule has 144 valence electrons. The van der Waals surface area contributed by atoms with Crippen LogP contribution in [0.1, 0.15) is 66.0 Å². The Balaban J connectivity index is 1.67. The van der Waals surface area contributed by atoms with Crippen molar-refractivity contribution in [1.82, 2.24) is 10.6 Å². The molecule has 2 amide bonds. The first-order chi connectivity index (χ1) is 13.0. The Morgan fingerprint density at radius 3 is 2.41 bits per heavy atom. The quantitative estimate of drug-likeness (QED) is 0.782. The van der Waals surface area contributed by atoms with Gasteiger partial charge in [0, 0.05) is 0 Å². The summed E-state index contributed by atoms with van der Waals surface area (Å²) < 4.78 is 0. The van der Waals surface area contributed by atoms with Crippen molar-refractivity contribution in [2.24, 2.45) is 5.92 Å². The van der Waals surface area contributed by atoms with Gasteiger partial charge in [-0.15, -0.1) is 11.3 Å². The van der Waals surface area contributed by atoms with Crippen LogP contribution in [-0.4, -0.2) is 17.9 Å². The summed E-state index contributed by atoms with van der Waals surface area (Å²) in [6.45, 7) is 5.89. The molecular weight excluding hydrogens is 356 g/mol. The van der Waals surface area contributed by atoms with E-state index in [0.717, 1.165) is 18.4 Å². The molecule has 2 aromatic rings. The second-order valence-corrected chi connectivity index (χ2v) is 8.59. The number of carbonyl (C=O) groups excluding carboxylic acids is 2. The van der Waals surface area contributed by atoms with E-state index in [-0.39, 0.29) is 23.8 Å². The zero-order valence-corrected chi connectivity index (χ0v) is 17.1. The number of fused-ring (bicyclic) bond motifs is 1. The molecule has 1 aromatic heterocycles. The topological polar surface area (TPSA) is 58.2 Å². The molecule has 5 heteroatoms. The minimum atomic E-state index is -0.556. The molecular formula is C22H28N2O2S. The predicted molar refractivity (Wildman–Crippen MR) is 110 cm³/mol. The largest absolute Gasteiger partial charge is 0.348 e. The molecule has 27 heavy (non-hydrogen) atoms. The summed E-state index contributed by atoms with van der Waals surface area (Å²) >= 11 is 1.38. The monoisotopic (exact) mass is 384 g/mol. The van der Waals surface area contributed by atoms with Gasteiger partial charge < -0.3 is 10.6 Å². The van der Waals surface area contributed by atoms with E-state index < -0.39 is 6.04 Å². The predicted octanol–water partition coefficient (Wildman–Crippen LogP) is 4.26. The highest BCUT2D eigenvalue weighted by molar-refractivity contribution is 7.12. The minimum Gasteiger partial charge on any atom is -0.348 e. The van der Waals surface area contributed by atoms with Gasteiger partial charge in [0.1, 0.15) is 6.04 Å². The van der Waals surface area contributed by atoms with Crippen LogP contribution < -0.4 is 10.6 Å². The first-order valence-corrected chi connectivity index (χ1v) is 10.6. The number of hydrogen-bond acceptors (Lipinski definition) is 3. The molecule has 0 saturated heterocycles. The van der Waals surface area contributed by atoms with Gasteiger partial charge >= 0.3 is 0 Å². The van der Waals surface area contributed by atoms with Crippen molar-refractivity contribution in [2.45, 2.75) is 58.5 Å². The van der Waals surface area contributed by atoms with Gasteiger partial charge in [0.15, 0.2) is 0 Å². The van der Waals surface area contributed by atoms with Crippen LogP contribution in [0.3, 0.4) is 0 Å². The third kappa shape index (κ3) is 4.78. The molecule has 1 aliphatic carbocycles. The van der Waals surface area contributed by atoms with Crippen molar-refractivity contribution >= 4 is 23.2 Å². The third-order valence-electron chi connectivity index (χ3n) is 5.21. The molecule has 0 aliphatic heterocycles. The molecule has 2 N–H and O–H groups in total. The normalized spacial score (nSPS) is 15.7. The third-order valence-corrected chi connectivity index (χ3v) is 6.08. The maximum absolute atomic E-state index is 12.8. The molecule has 0 bridgehead atoms. The Hall–Kier alpha value is -2.14. The number of carbonyl (C=O) groups is 2. The zero-order chi connectivity index (χ0) is 19.4. The van der Waals surface area contributed by atoms with Gasteiger partial charge in [0.25, 0.3) is 5.91 Å². The first-order valence-electron chi connectivity index (χ1n) is 9.72. The standard InChI is InChI=1S/C22H28N2O2S/c1-14(2)20(24-21(25)19-9-6-12-27-19)22(26)23-15(3)17-11-10-16-7-4-5-8-18(16)13-17/h6,9-15,20H,4-5,7-8H2,1-3H3,(H,23,26)(H,24,25). The molecule has 1 aromatic carbocycles. The van der Waals surface area contributed by atoms with Crippen LogP contribution in [0.15, 0.2) is 35.7 Å². The van der Waals surface area contributed by atoms with Crippen molar-refractivity contribution in [2.75, 3.05) is 0 Å². The number of aryl methyl sites for hydroxylation is 2. The molecule has 4 nitrogen and oxygen atoms in total. The van der Waals surface area contributed by atoms with Gasteiger partial charge in [-0.3, -0.25) is 9.59 Å². The van der Waals surface area contributed by atoms with E-state index in [1.807, 2.05) is 32.2 Å². The van der Waals surface area contributed by atoms with Crippen molar-refractivity contribution in [3.63, 3.8) is 0 Å². The highest BCUT2D eigenvalue weighted by Gasteiger charge is 2.26. The molecule has 0 spiro atoms. The van der Waals surface area contributed by atoms with Crippen LogP contribution in [-0.2, 0) is 17.6 Å². The van der Waals surface area contributed by atoms with Crippen molar-refractivity contribution in [3.05, 3.63) is 57.3 Å². The van der Waals surface area contributed by atoms with E-state index in [4.69, 9.17) is 0 Å². The Labute approximate surface area is 165 Å². The average molecular weight is 385 g/mol. The summed E-state index contributed by atoms with van der Waals surface area (Å²) in [5.74, 6) is -0.329. The Bertz CT molecular complexity index is 799. The van der Waals surface area contributed by atoms with Gasteiger partial charge in [0.2, 0.25) is 5.91 Å². The fourth-order valence-electron chi connectivity index (χ4n) is 3.56. The maximum atomic E-state index is 12.8. The highest BCUT2D eigenvalue weighted by Crippen LogP contribution is 2.25. The van der Waals surface area contributed by atoms with Crippen molar-refractivity contribution < 1.29 is 9.59 Å².